The van der Waals surface area contributed by atoms with Crippen molar-refractivity contribution in [2.24, 2.45) is 0 Å². The third-order valence-corrected chi connectivity index (χ3v) is 6.75. The van der Waals surface area contributed by atoms with Gasteiger partial charge >= 0.3 is 5.76 Å². The molecular formula is C30H41NO3. The van der Waals surface area contributed by atoms with Crippen molar-refractivity contribution in [3.63, 3.8) is 0 Å². The molecule has 0 N–H and O–H groups in total. The Morgan fingerprint density at radius 3 is 1.85 bits per heavy atom. The molecule has 0 fully saturated rings. The Labute approximate surface area is 204 Å². The van der Waals surface area contributed by atoms with Gasteiger partial charge < -0.3 is 4.42 Å². The molecule has 3 rings (SSSR count). The molecular weight excluding hydrogens is 422 g/mol. The molecule has 0 radical (unpaired) electrons. The monoisotopic (exact) mass is 463 g/mol. The van der Waals surface area contributed by atoms with Gasteiger partial charge in [-0.15, -0.1) is 0 Å². The van der Waals surface area contributed by atoms with Crippen LogP contribution in [0.4, 0.5) is 0 Å². The highest BCUT2D eigenvalue weighted by Crippen LogP contribution is 2.19. The molecule has 4 heteroatoms. The van der Waals surface area contributed by atoms with E-state index in [1.54, 1.807) is 18.2 Å². The second-order valence-corrected chi connectivity index (χ2v) is 9.63. The van der Waals surface area contributed by atoms with Crippen LogP contribution in [0.5, 0.6) is 0 Å². The van der Waals surface area contributed by atoms with Crippen molar-refractivity contribution >= 4 is 11.0 Å². The Balaban J connectivity index is 1.49. The smallest absolute Gasteiger partial charge is 0.409 e. The van der Waals surface area contributed by atoms with Gasteiger partial charge in [-0.3, -0.25) is 4.79 Å². The van der Waals surface area contributed by atoms with E-state index in [0.29, 0.717) is 16.7 Å². The average molecular weight is 464 g/mol. The van der Waals surface area contributed by atoms with E-state index in [-0.39, 0.29) is 5.56 Å². The molecule has 0 amide bonds. The maximum absolute atomic E-state index is 13.3. The fourth-order valence-electron chi connectivity index (χ4n) is 4.70. The highest BCUT2D eigenvalue weighted by atomic mass is 16.4. The van der Waals surface area contributed by atoms with Gasteiger partial charge in [-0.1, -0.05) is 114 Å². The van der Waals surface area contributed by atoms with Crippen LogP contribution in [0.15, 0.2) is 56.5 Å². The number of hydrogen-bond acceptors (Lipinski definition) is 3. The lowest BCUT2D eigenvalue weighted by molar-refractivity contribution is 0.503. The van der Waals surface area contributed by atoms with Crippen LogP contribution in [-0.2, 0) is 6.42 Å². The Morgan fingerprint density at radius 1 is 0.706 bits per heavy atom. The number of nitrogens with zero attached hydrogens (tertiary/aromatic N) is 1. The summed E-state index contributed by atoms with van der Waals surface area (Å²) in [7, 11) is 0. The molecule has 1 aromatic heterocycles. The maximum atomic E-state index is 13.3. The van der Waals surface area contributed by atoms with Crippen molar-refractivity contribution in [1.82, 2.24) is 4.57 Å². The summed E-state index contributed by atoms with van der Waals surface area (Å²) in [6.45, 7) is 4.24. The Kier molecular flexibility index (Phi) is 10.7. The topological polar surface area (TPSA) is 52.2 Å². The molecule has 0 unspecified atom stereocenters. The zero-order valence-electron chi connectivity index (χ0n) is 21.1. The summed E-state index contributed by atoms with van der Waals surface area (Å²) in [5, 5.41) is 0.529. The van der Waals surface area contributed by atoms with Crippen molar-refractivity contribution in [2.45, 2.75) is 104 Å². The molecule has 184 valence electrons. The van der Waals surface area contributed by atoms with Crippen molar-refractivity contribution in [3.05, 3.63) is 74.5 Å². The minimum atomic E-state index is -0.639. The summed E-state index contributed by atoms with van der Waals surface area (Å²) in [4.78, 5) is 25.8. The van der Waals surface area contributed by atoms with E-state index in [4.69, 9.17) is 4.42 Å². The number of aromatic nitrogens is 1. The summed E-state index contributed by atoms with van der Waals surface area (Å²) >= 11 is 0. The first-order chi connectivity index (χ1) is 16.6. The quantitative estimate of drug-likeness (QED) is 0.215. The van der Waals surface area contributed by atoms with Crippen LogP contribution < -0.4 is 11.3 Å². The second-order valence-electron chi connectivity index (χ2n) is 9.63. The lowest BCUT2D eigenvalue weighted by atomic mass is 10.0. The van der Waals surface area contributed by atoms with Gasteiger partial charge in [0.1, 0.15) is 5.58 Å². The molecule has 3 aromatic rings. The minimum Gasteiger partial charge on any atom is -0.409 e. The van der Waals surface area contributed by atoms with Crippen molar-refractivity contribution in [3.8, 4) is 5.69 Å². The highest BCUT2D eigenvalue weighted by Gasteiger charge is 2.14. The van der Waals surface area contributed by atoms with E-state index in [0.717, 1.165) is 35.0 Å². The van der Waals surface area contributed by atoms with Gasteiger partial charge in [-0.2, -0.15) is 0 Å². The minimum absolute atomic E-state index is 0.291. The number of rotatable bonds is 15. The van der Waals surface area contributed by atoms with E-state index in [1.165, 1.54) is 70.6 Å². The van der Waals surface area contributed by atoms with Crippen LogP contribution in [-0.4, -0.2) is 4.57 Å². The molecule has 1 heterocycles. The molecule has 0 bridgehead atoms. The second kappa shape index (κ2) is 13.9. The van der Waals surface area contributed by atoms with Crippen molar-refractivity contribution in [1.29, 1.82) is 0 Å². The summed E-state index contributed by atoms with van der Waals surface area (Å²) in [6, 6.07) is 12.9. The van der Waals surface area contributed by atoms with Crippen LogP contribution in [0, 0.1) is 6.92 Å². The first kappa shape index (κ1) is 26.0. The molecule has 0 aliphatic carbocycles. The Bertz CT molecular complexity index is 1120. The Morgan fingerprint density at radius 2 is 1.26 bits per heavy atom. The van der Waals surface area contributed by atoms with Gasteiger partial charge in [0.15, 0.2) is 0 Å². The summed E-state index contributed by atoms with van der Waals surface area (Å²) in [5.41, 5.74) is 2.67. The lowest BCUT2D eigenvalue weighted by Crippen LogP contribution is -2.31. The number of unbranched alkanes of at least 4 members (excludes halogenated alkanes) is 12. The first-order valence-electron chi connectivity index (χ1n) is 13.4. The zero-order chi connectivity index (χ0) is 24.2. The molecule has 0 saturated carbocycles. The zero-order valence-corrected chi connectivity index (χ0v) is 21.1. The first-order valence-corrected chi connectivity index (χ1v) is 13.4. The molecule has 0 aliphatic rings. The van der Waals surface area contributed by atoms with E-state index in [2.05, 4.69) is 6.92 Å². The Hall–Kier alpha value is -2.62. The van der Waals surface area contributed by atoms with Crippen molar-refractivity contribution < 1.29 is 4.42 Å². The highest BCUT2D eigenvalue weighted by molar-refractivity contribution is 5.79. The molecule has 4 nitrogen and oxygen atoms in total. The standard InChI is InChI=1S/C30H41NO3/c1-3-4-5-6-7-8-9-10-11-12-13-14-15-17-25-18-16-19-27-28(25)29(32)31(30(33)34-27)26-22-20-24(2)21-23-26/h16,18-23H,3-15,17H2,1-2H3. The molecule has 0 atom stereocenters. The SMILES string of the molecule is CCCCCCCCCCCCCCCc1cccc2oc(=O)n(-c3ccc(C)cc3)c(=O)c12. The third kappa shape index (κ3) is 7.44. The van der Waals surface area contributed by atoms with E-state index >= 15 is 0 Å². The van der Waals surface area contributed by atoms with E-state index in [1.807, 2.05) is 31.2 Å². The fourth-order valence-corrected chi connectivity index (χ4v) is 4.70. The van der Waals surface area contributed by atoms with Gasteiger partial charge in [0.25, 0.3) is 5.56 Å². The van der Waals surface area contributed by atoms with E-state index < -0.39 is 5.76 Å². The summed E-state index contributed by atoms with van der Waals surface area (Å²) in [6.07, 6.45) is 17.9. The third-order valence-electron chi connectivity index (χ3n) is 6.75. The largest absolute Gasteiger partial charge is 0.426 e. The van der Waals surface area contributed by atoms with E-state index in [9.17, 15) is 9.59 Å². The van der Waals surface area contributed by atoms with Crippen LogP contribution in [0.25, 0.3) is 16.7 Å². The number of fused-ring (bicyclic) bond motifs is 1. The van der Waals surface area contributed by atoms with Gasteiger partial charge in [-0.05, 0) is 43.5 Å². The van der Waals surface area contributed by atoms with Gasteiger partial charge in [0, 0.05) is 0 Å². The summed E-state index contributed by atoms with van der Waals surface area (Å²) in [5.74, 6) is -0.639. The molecule has 34 heavy (non-hydrogen) atoms. The van der Waals surface area contributed by atoms with Gasteiger partial charge in [-0.25, -0.2) is 9.36 Å². The van der Waals surface area contributed by atoms with Crippen LogP contribution >= 0.6 is 0 Å². The predicted molar refractivity (Wildman–Crippen MR) is 142 cm³/mol. The predicted octanol–water partition coefficient (Wildman–Crippen LogP) is 7.89. The van der Waals surface area contributed by atoms with Gasteiger partial charge in [0.05, 0.1) is 11.1 Å². The summed E-state index contributed by atoms with van der Waals surface area (Å²) < 4.78 is 6.67. The lowest BCUT2D eigenvalue weighted by Gasteiger charge is -2.09. The van der Waals surface area contributed by atoms with Crippen LogP contribution in [0.2, 0.25) is 0 Å². The van der Waals surface area contributed by atoms with Crippen molar-refractivity contribution in [2.75, 3.05) is 0 Å². The normalized spacial score (nSPS) is 11.4. The number of aryl methyl sites for hydroxylation is 2. The van der Waals surface area contributed by atoms with Crippen LogP contribution in [0.1, 0.15) is 102 Å². The van der Waals surface area contributed by atoms with Crippen LogP contribution in [0.3, 0.4) is 0 Å². The average Bonchev–Trinajstić information content (AvgIpc) is 2.83. The molecule has 2 aromatic carbocycles. The number of benzene rings is 2. The molecule has 0 saturated heterocycles. The fraction of sp³-hybridized carbons (Fsp3) is 0.533. The molecule has 0 spiro atoms. The van der Waals surface area contributed by atoms with Gasteiger partial charge in [0.2, 0.25) is 0 Å². The molecule has 0 aliphatic heterocycles. The maximum Gasteiger partial charge on any atom is 0.426 e. The number of hydrogen-bond donors (Lipinski definition) is 0.